The number of hydrogen-bond donors (Lipinski definition) is 2. The molecule has 3 aliphatic rings. The van der Waals surface area contributed by atoms with Crippen LogP contribution in [0.15, 0.2) is 90.1 Å². The molecule has 0 atom stereocenters. The van der Waals surface area contributed by atoms with E-state index in [1.54, 1.807) is 6.20 Å². The van der Waals surface area contributed by atoms with E-state index >= 15 is 0 Å². The molecule has 2 aromatic carbocycles. The smallest absolute Gasteiger partial charge is 0.0900 e. The molecule has 0 spiro atoms. The molecule has 0 unspecified atom stereocenters. The van der Waals surface area contributed by atoms with E-state index in [0.717, 1.165) is 76.2 Å². The lowest BCUT2D eigenvalue weighted by Gasteiger charge is -2.23. The number of aromatic nitrogens is 3. The van der Waals surface area contributed by atoms with Gasteiger partial charge in [0, 0.05) is 11.9 Å². The quantitative estimate of drug-likeness (QED) is 0.323. The summed E-state index contributed by atoms with van der Waals surface area (Å²) in [7, 11) is 0. The number of aliphatic hydroxyl groups excluding tert-OH is 1. The molecule has 2 N–H and O–H groups in total. The summed E-state index contributed by atoms with van der Waals surface area (Å²) in [4.78, 5) is 14.7. The molecule has 3 aromatic rings. The van der Waals surface area contributed by atoms with Crippen molar-refractivity contribution in [3.05, 3.63) is 96.1 Å². The predicted molar refractivity (Wildman–Crippen MR) is 144 cm³/mol. The van der Waals surface area contributed by atoms with Crippen LogP contribution in [-0.2, 0) is 0 Å². The van der Waals surface area contributed by atoms with Crippen LogP contribution >= 0.6 is 0 Å². The zero-order valence-electron chi connectivity index (χ0n) is 20.3. The van der Waals surface area contributed by atoms with E-state index in [1.165, 1.54) is 0 Å². The van der Waals surface area contributed by atoms with Gasteiger partial charge >= 0.3 is 0 Å². The minimum absolute atomic E-state index is 0.181. The van der Waals surface area contributed by atoms with E-state index in [0.29, 0.717) is 0 Å². The van der Waals surface area contributed by atoms with Gasteiger partial charge in [0.25, 0.3) is 0 Å². The molecule has 6 heteroatoms. The molecule has 36 heavy (non-hydrogen) atoms. The predicted octanol–water partition coefficient (Wildman–Crippen LogP) is 5.78. The Bertz CT molecular complexity index is 1550. The lowest BCUT2D eigenvalue weighted by Crippen LogP contribution is -2.24. The summed E-state index contributed by atoms with van der Waals surface area (Å²) in [6, 6.07) is 27.0. The van der Waals surface area contributed by atoms with Gasteiger partial charge in [0.15, 0.2) is 0 Å². The van der Waals surface area contributed by atoms with Gasteiger partial charge in [0.2, 0.25) is 0 Å². The van der Waals surface area contributed by atoms with Gasteiger partial charge in [-0.2, -0.15) is 0 Å². The summed E-state index contributed by atoms with van der Waals surface area (Å²) in [5, 5.41) is 14.5. The zero-order chi connectivity index (χ0) is 24.5. The van der Waals surface area contributed by atoms with Crippen molar-refractivity contribution in [2.75, 3.05) is 5.32 Å². The largest absolute Gasteiger partial charge is 0.393 e. The van der Waals surface area contributed by atoms with Crippen molar-refractivity contribution in [1.29, 1.82) is 0 Å². The molecule has 1 aliphatic heterocycles. The number of hydrogen-bond acceptors (Lipinski definition) is 5. The lowest BCUT2D eigenvalue weighted by atomic mass is 9.93. The van der Waals surface area contributed by atoms with Gasteiger partial charge < -0.3 is 15.0 Å². The fourth-order valence-electron chi connectivity index (χ4n) is 5.05. The molecule has 0 radical (unpaired) electrons. The Hall–Kier alpha value is -4.03. The number of nitrogens with zero attached hydrogens (tertiary/aromatic N) is 4. The van der Waals surface area contributed by atoms with E-state index in [4.69, 9.17) is 9.98 Å². The van der Waals surface area contributed by atoms with Crippen LogP contribution < -0.4 is 10.7 Å². The molecule has 1 saturated carbocycles. The Morgan fingerprint density at radius 1 is 0.889 bits per heavy atom. The normalized spacial score (nSPS) is 18.6. The van der Waals surface area contributed by atoms with Crippen molar-refractivity contribution >= 4 is 22.4 Å². The summed E-state index contributed by atoms with van der Waals surface area (Å²) in [6.07, 6.45) is 4.96. The van der Waals surface area contributed by atoms with Crippen molar-refractivity contribution in [3.8, 4) is 17.1 Å². The fraction of sp³-hybridized carbons (Fsp3) is 0.233. The molecule has 1 fully saturated rings. The maximum Gasteiger partial charge on any atom is 0.0900 e. The molecule has 1 aromatic heterocycles. The highest BCUT2D eigenvalue weighted by Crippen LogP contribution is 2.31. The summed E-state index contributed by atoms with van der Waals surface area (Å²) in [5.41, 5.74) is 7.74. The first kappa shape index (κ1) is 22.4. The van der Waals surface area contributed by atoms with E-state index in [2.05, 4.69) is 69.5 Å². The first-order chi connectivity index (χ1) is 17.7. The summed E-state index contributed by atoms with van der Waals surface area (Å²) >= 11 is 0. The number of rotatable bonds is 4. The number of para-hydroxylation sites is 3. The Morgan fingerprint density at radius 3 is 2.47 bits per heavy atom. The molecule has 6 rings (SSSR count). The summed E-state index contributed by atoms with van der Waals surface area (Å²) in [6.45, 7) is 2.00. The third kappa shape index (κ3) is 4.36. The zero-order valence-corrected chi connectivity index (χ0v) is 20.3. The van der Waals surface area contributed by atoms with Crippen LogP contribution in [0.1, 0.15) is 31.4 Å². The number of benzene rings is 3. The fourth-order valence-corrected chi connectivity index (χ4v) is 5.05. The Balaban J connectivity index is 1.61. The Labute approximate surface area is 210 Å². The van der Waals surface area contributed by atoms with Gasteiger partial charge in [-0.1, -0.05) is 30.3 Å². The number of pyridine rings is 1. The monoisotopic (exact) mass is 475 g/mol. The third-order valence-electron chi connectivity index (χ3n) is 6.98. The SMILES string of the molecule is Cc1ncccc1Nc1cc2nc3ccccc3n(-c3ccccc3)c-2cc1=NC1CCC(O)CC1. The van der Waals surface area contributed by atoms with Gasteiger partial charge in [0.1, 0.15) is 0 Å². The molecule has 0 amide bonds. The van der Waals surface area contributed by atoms with Crippen LogP contribution in [-0.4, -0.2) is 31.8 Å². The van der Waals surface area contributed by atoms with Crippen LogP contribution in [0.5, 0.6) is 0 Å². The van der Waals surface area contributed by atoms with Crippen LogP contribution in [0.4, 0.5) is 11.4 Å². The third-order valence-corrected chi connectivity index (χ3v) is 6.98. The van der Waals surface area contributed by atoms with Gasteiger partial charge in [-0.3, -0.25) is 9.98 Å². The topological polar surface area (TPSA) is 75.3 Å². The molecule has 2 heterocycles. The highest BCUT2D eigenvalue weighted by molar-refractivity contribution is 5.84. The average Bonchev–Trinajstić information content (AvgIpc) is 2.91. The average molecular weight is 476 g/mol. The molecule has 0 saturated heterocycles. The number of aryl methyl sites for hydroxylation is 1. The van der Waals surface area contributed by atoms with E-state index in [9.17, 15) is 5.11 Å². The van der Waals surface area contributed by atoms with Crippen molar-refractivity contribution < 1.29 is 5.11 Å². The van der Waals surface area contributed by atoms with E-state index in [1.807, 2.05) is 31.2 Å². The molecule has 2 aliphatic carbocycles. The molecule has 180 valence electrons. The van der Waals surface area contributed by atoms with E-state index in [-0.39, 0.29) is 12.1 Å². The van der Waals surface area contributed by atoms with Crippen molar-refractivity contribution in [3.63, 3.8) is 0 Å². The van der Waals surface area contributed by atoms with Crippen LogP contribution in [0, 0.1) is 6.92 Å². The molecule has 0 bridgehead atoms. The second-order valence-corrected chi connectivity index (χ2v) is 9.48. The van der Waals surface area contributed by atoms with Crippen molar-refractivity contribution in [2.45, 2.75) is 44.8 Å². The maximum absolute atomic E-state index is 10.0. The standard InChI is InChI=1S/C30H29N5O/c1-20-24(11-7-17-31-20)33-26-18-28-30(19-27(26)32-21-13-15-23(36)16-14-21)35(22-8-3-2-4-9-22)29-12-6-5-10-25(29)34-28/h2-12,17-19,21,23,33,36H,13-16H2,1H3. The highest BCUT2D eigenvalue weighted by Gasteiger charge is 2.20. The number of fused-ring (bicyclic) bond motifs is 2. The summed E-state index contributed by atoms with van der Waals surface area (Å²) in [5.74, 6) is 0. The first-order valence-electron chi connectivity index (χ1n) is 12.6. The second-order valence-electron chi connectivity index (χ2n) is 9.48. The van der Waals surface area contributed by atoms with Gasteiger partial charge in [-0.25, -0.2) is 4.98 Å². The van der Waals surface area contributed by atoms with Crippen LogP contribution in [0.3, 0.4) is 0 Å². The molecular weight excluding hydrogens is 446 g/mol. The van der Waals surface area contributed by atoms with Crippen LogP contribution in [0.25, 0.3) is 28.1 Å². The molecule has 6 nitrogen and oxygen atoms in total. The number of anilines is 2. The van der Waals surface area contributed by atoms with Crippen molar-refractivity contribution in [2.24, 2.45) is 4.99 Å². The molecular formula is C30H29N5O. The van der Waals surface area contributed by atoms with Crippen LogP contribution in [0.2, 0.25) is 0 Å². The number of aliphatic hydroxyl groups is 1. The van der Waals surface area contributed by atoms with Crippen molar-refractivity contribution in [1.82, 2.24) is 14.5 Å². The number of nitrogens with one attached hydrogen (secondary N) is 1. The maximum atomic E-state index is 10.0. The van der Waals surface area contributed by atoms with Gasteiger partial charge in [-0.15, -0.1) is 0 Å². The van der Waals surface area contributed by atoms with E-state index < -0.39 is 0 Å². The lowest BCUT2D eigenvalue weighted by molar-refractivity contribution is 0.123. The van der Waals surface area contributed by atoms with Gasteiger partial charge in [0.05, 0.1) is 57.0 Å². The Kier molecular flexibility index (Phi) is 5.95. The first-order valence-corrected chi connectivity index (χ1v) is 12.6. The second kappa shape index (κ2) is 9.55. The Morgan fingerprint density at radius 2 is 1.67 bits per heavy atom. The minimum Gasteiger partial charge on any atom is -0.393 e. The summed E-state index contributed by atoms with van der Waals surface area (Å²) < 4.78 is 2.26. The highest BCUT2D eigenvalue weighted by atomic mass is 16.3. The van der Waals surface area contributed by atoms with Gasteiger partial charge in [-0.05, 0) is 81.1 Å². The minimum atomic E-state index is -0.209.